The van der Waals surface area contributed by atoms with Crippen LogP contribution >= 0.6 is 11.6 Å². The second kappa shape index (κ2) is 8.18. The highest BCUT2D eigenvalue weighted by molar-refractivity contribution is 6.30. The Kier molecular flexibility index (Phi) is 5.88. The van der Waals surface area contributed by atoms with Gasteiger partial charge in [0.05, 0.1) is 6.54 Å². The predicted octanol–water partition coefficient (Wildman–Crippen LogP) is 3.41. The van der Waals surface area contributed by atoms with Crippen LogP contribution < -0.4 is 5.32 Å². The van der Waals surface area contributed by atoms with Crippen LogP contribution in [0.5, 0.6) is 0 Å². The van der Waals surface area contributed by atoms with Gasteiger partial charge in [-0.25, -0.2) is 4.79 Å². The molecule has 28 heavy (non-hydrogen) atoms. The van der Waals surface area contributed by atoms with Crippen LogP contribution in [-0.4, -0.2) is 45.2 Å². The molecule has 0 saturated carbocycles. The number of nitrogens with one attached hydrogen (secondary N) is 1. The number of carbonyl (C=O) groups is 2. The minimum atomic E-state index is -0.609. The molecule has 2 heterocycles. The molecule has 1 atom stereocenters. The van der Waals surface area contributed by atoms with Crippen LogP contribution in [0.2, 0.25) is 5.02 Å². The Labute approximate surface area is 168 Å². The lowest BCUT2D eigenvalue weighted by molar-refractivity contribution is -0.125. The number of benzene rings is 1. The van der Waals surface area contributed by atoms with Crippen molar-refractivity contribution in [2.45, 2.75) is 51.8 Å². The lowest BCUT2D eigenvalue weighted by Crippen LogP contribution is -2.47. The monoisotopic (exact) mass is 406 g/mol. The normalized spacial score (nSPS) is 16.9. The first-order valence-electron chi connectivity index (χ1n) is 9.09. The minimum Gasteiger partial charge on any atom is -0.444 e. The summed E-state index contributed by atoms with van der Waals surface area (Å²) in [7, 11) is 0. The van der Waals surface area contributed by atoms with Gasteiger partial charge >= 0.3 is 6.09 Å². The number of carbonyl (C=O) groups excluding carboxylic acids is 2. The van der Waals surface area contributed by atoms with Gasteiger partial charge in [0.1, 0.15) is 11.6 Å². The Hall–Kier alpha value is -2.61. The molecule has 8 nitrogen and oxygen atoms in total. The van der Waals surface area contributed by atoms with Crippen molar-refractivity contribution in [1.82, 2.24) is 20.4 Å². The minimum absolute atomic E-state index is 0.0814. The lowest BCUT2D eigenvalue weighted by atomic mass is 10.2. The summed E-state index contributed by atoms with van der Waals surface area (Å²) in [4.78, 5) is 30.6. The summed E-state index contributed by atoms with van der Waals surface area (Å²) in [5.74, 6) is 0.423. The molecule has 150 valence electrons. The fraction of sp³-hybridized carbons (Fsp3) is 0.474. The molecule has 1 aromatic heterocycles. The molecule has 1 aromatic carbocycles. The van der Waals surface area contributed by atoms with Crippen molar-refractivity contribution in [2.75, 3.05) is 6.54 Å². The molecular formula is C19H23ClN4O4. The smallest absolute Gasteiger partial charge is 0.410 e. The zero-order valence-corrected chi connectivity index (χ0v) is 16.8. The standard InChI is InChI=1S/C19H23ClN4O4/c1-19(2,3)27-18(26)24-10-4-5-14(24)17(25)21-11-15-22-16(23-28-15)12-6-8-13(20)9-7-12/h6-9,14H,4-5,10-11H2,1-3H3,(H,21,25)/t14-/m0/s1. The quantitative estimate of drug-likeness (QED) is 0.835. The molecule has 1 fully saturated rings. The first-order valence-corrected chi connectivity index (χ1v) is 9.46. The molecule has 0 bridgehead atoms. The van der Waals surface area contributed by atoms with Gasteiger partial charge in [0.25, 0.3) is 0 Å². The third-order valence-corrected chi connectivity index (χ3v) is 4.42. The molecule has 0 aliphatic carbocycles. The summed E-state index contributed by atoms with van der Waals surface area (Å²) in [6.45, 7) is 5.96. The summed E-state index contributed by atoms with van der Waals surface area (Å²) >= 11 is 5.87. The van der Waals surface area contributed by atoms with Crippen molar-refractivity contribution in [1.29, 1.82) is 0 Å². The topological polar surface area (TPSA) is 97.6 Å². The number of nitrogens with zero attached hydrogens (tertiary/aromatic N) is 3. The maximum atomic E-state index is 12.5. The van der Waals surface area contributed by atoms with Crippen molar-refractivity contribution in [3.8, 4) is 11.4 Å². The Bertz CT molecular complexity index is 844. The summed E-state index contributed by atoms with van der Waals surface area (Å²) in [6, 6.07) is 6.48. The third-order valence-electron chi connectivity index (χ3n) is 4.17. The van der Waals surface area contributed by atoms with Gasteiger partial charge in [-0.1, -0.05) is 16.8 Å². The largest absolute Gasteiger partial charge is 0.444 e. The van der Waals surface area contributed by atoms with E-state index in [1.54, 1.807) is 45.0 Å². The zero-order valence-electron chi connectivity index (χ0n) is 16.1. The molecule has 1 aliphatic heterocycles. The van der Waals surface area contributed by atoms with E-state index in [-0.39, 0.29) is 18.3 Å². The number of amides is 2. The van der Waals surface area contributed by atoms with Crippen LogP contribution in [0.15, 0.2) is 28.8 Å². The van der Waals surface area contributed by atoms with Crippen LogP contribution in [0.4, 0.5) is 4.79 Å². The second-order valence-corrected chi connectivity index (χ2v) is 8.00. The molecule has 1 N–H and O–H groups in total. The number of rotatable bonds is 4. The van der Waals surface area contributed by atoms with Crippen LogP contribution in [0.1, 0.15) is 39.5 Å². The number of halogens is 1. The first kappa shape index (κ1) is 20.1. The maximum absolute atomic E-state index is 12.5. The van der Waals surface area contributed by atoms with Gasteiger partial charge in [0.2, 0.25) is 17.6 Å². The van der Waals surface area contributed by atoms with Gasteiger partial charge in [-0.3, -0.25) is 9.69 Å². The number of aromatic nitrogens is 2. The highest BCUT2D eigenvalue weighted by Crippen LogP contribution is 2.21. The number of hydrogen-bond acceptors (Lipinski definition) is 6. The highest BCUT2D eigenvalue weighted by Gasteiger charge is 2.36. The number of likely N-dealkylation sites (tertiary alicyclic amines) is 1. The molecule has 2 amide bonds. The van der Waals surface area contributed by atoms with E-state index in [4.69, 9.17) is 20.9 Å². The molecule has 0 unspecified atom stereocenters. The Morgan fingerprint density at radius 3 is 2.71 bits per heavy atom. The Morgan fingerprint density at radius 2 is 2.04 bits per heavy atom. The zero-order chi connectivity index (χ0) is 20.3. The average molecular weight is 407 g/mol. The fourth-order valence-corrected chi connectivity index (χ4v) is 3.03. The van der Waals surface area contributed by atoms with Gasteiger partial charge in [-0.15, -0.1) is 0 Å². The molecule has 1 saturated heterocycles. The average Bonchev–Trinajstić information content (AvgIpc) is 3.28. The van der Waals surface area contributed by atoms with E-state index in [0.717, 1.165) is 12.0 Å². The van der Waals surface area contributed by atoms with Crippen molar-refractivity contribution in [3.63, 3.8) is 0 Å². The first-order chi connectivity index (χ1) is 13.2. The van der Waals surface area contributed by atoms with Gasteiger partial charge in [-0.05, 0) is 57.9 Å². The predicted molar refractivity (Wildman–Crippen MR) is 103 cm³/mol. The summed E-state index contributed by atoms with van der Waals surface area (Å²) < 4.78 is 10.6. The van der Waals surface area contributed by atoms with Gasteiger partial charge < -0.3 is 14.6 Å². The Morgan fingerprint density at radius 1 is 1.32 bits per heavy atom. The van der Waals surface area contributed by atoms with Crippen LogP contribution in [0.25, 0.3) is 11.4 Å². The van der Waals surface area contributed by atoms with Crippen LogP contribution in [0, 0.1) is 0 Å². The van der Waals surface area contributed by atoms with E-state index in [2.05, 4.69) is 15.5 Å². The lowest BCUT2D eigenvalue weighted by Gasteiger charge is -2.27. The van der Waals surface area contributed by atoms with E-state index in [1.807, 2.05) is 0 Å². The van der Waals surface area contributed by atoms with Gasteiger partial charge in [0, 0.05) is 17.1 Å². The number of ether oxygens (including phenoxy) is 1. The van der Waals surface area contributed by atoms with Crippen molar-refractivity contribution < 1.29 is 18.8 Å². The molecule has 1 aliphatic rings. The summed E-state index contributed by atoms with van der Waals surface area (Å²) in [5.41, 5.74) is 0.153. The van der Waals surface area contributed by atoms with Gasteiger partial charge in [-0.2, -0.15) is 4.98 Å². The van der Waals surface area contributed by atoms with Crippen LogP contribution in [0.3, 0.4) is 0 Å². The van der Waals surface area contributed by atoms with Crippen molar-refractivity contribution in [3.05, 3.63) is 35.2 Å². The van der Waals surface area contributed by atoms with E-state index in [9.17, 15) is 9.59 Å². The second-order valence-electron chi connectivity index (χ2n) is 7.57. The third kappa shape index (κ3) is 5.01. The SMILES string of the molecule is CC(C)(C)OC(=O)N1CCC[C@H]1C(=O)NCc1nc(-c2ccc(Cl)cc2)no1. The molecule has 9 heteroatoms. The Balaban J connectivity index is 1.58. The van der Waals surface area contributed by atoms with E-state index in [1.165, 1.54) is 4.90 Å². The van der Waals surface area contributed by atoms with Crippen LogP contribution in [-0.2, 0) is 16.1 Å². The highest BCUT2D eigenvalue weighted by atomic mass is 35.5. The molecular weight excluding hydrogens is 384 g/mol. The van der Waals surface area contributed by atoms with E-state index < -0.39 is 17.7 Å². The van der Waals surface area contributed by atoms with E-state index in [0.29, 0.717) is 23.8 Å². The molecule has 0 radical (unpaired) electrons. The van der Waals surface area contributed by atoms with Crippen molar-refractivity contribution >= 4 is 23.6 Å². The number of hydrogen-bond donors (Lipinski definition) is 1. The molecule has 2 aromatic rings. The molecule has 0 spiro atoms. The van der Waals surface area contributed by atoms with E-state index >= 15 is 0 Å². The summed E-state index contributed by atoms with van der Waals surface area (Å²) in [5, 5.41) is 7.28. The van der Waals surface area contributed by atoms with Gasteiger partial charge in [0.15, 0.2) is 0 Å². The maximum Gasteiger partial charge on any atom is 0.410 e. The summed E-state index contributed by atoms with van der Waals surface area (Å²) in [6.07, 6.45) is 0.858. The molecule has 3 rings (SSSR count). The van der Waals surface area contributed by atoms with Crippen molar-refractivity contribution in [2.24, 2.45) is 0 Å². The fourth-order valence-electron chi connectivity index (χ4n) is 2.90.